The maximum Gasteiger partial charge on any atom is 0.136 e. The number of para-hydroxylation sites is 2. The predicted molar refractivity (Wildman–Crippen MR) is 109 cm³/mol. The number of hydrogen-bond donors (Lipinski definition) is 0. The Balaban J connectivity index is 1.96. The molecule has 0 saturated heterocycles. The third kappa shape index (κ3) is 2.12. The Morgan fingerprint density at radius 3 is 2.23 bits per heavy atom. The maximum absolute atomic E-state index is 5.96. The number of benzene rings is 3. The van der Waals surface area contributed by atoms with E-state index in [4.69, 9.17) is 4.42 Å². The van der Waals surface area contributed by atoms with Crippen LogP contribution in [-0.4, -0.2) is 4.57 Å². The fraction of sp³-hybridized carbons (Fsp3) is 0.167. The molecule has 3 aromatic carbocycles. The summed E-state index contributed by atoms with van der Waals surface area (Å²) in [6.45, 7) is 6.69. The summed E-state index contributed by atoms with van der Waals surface area (Å²) in [7, 11) is 0. The lowest BCUT2D eigenvalue weighted by Crippen LogP contribution is -2.09. The van der Waals surface area contributed by atoms with E-state index >= 15 is 0 Å². The van der Waals surface area contributed by atoms with Gasteiger partial charge in [-0.25, -0.2) is 0 Å². The number of aromatic nitrogens is 1. The Kier molecular flexibility index (Phi) is 3.08. The average molecular weight is 339 g/mol. The van der Waals surface area contributed by atoms with Gasteiger partial charge in [-0.1, -0.05) is 57.2 Å². The van der Waals surface area contributed by atoms with E-state index in [0.29, 0.717) is 0 Å². The number of nitrogens with zero attached hydrogens (tertiary/aromatic N) is 1. The first-order valence-corrected chi connectivity index (χ1v) is 9.04. The van der Waals surface area contributed by atoms with Crippen LogP contribution in [0, 0.1) is 0 Å². The molecular formula is C24H21NO. The number of rotatable bonds is 1. The summed E-state index contributed by atoms with van der Waals surface area (Å²) in [5.41, 5.74) is 5.82. The van der Waals surface area contributed by atoms with Gasteiger partial charge in [-0.15, -0.1) is 0 Å². The molecular weight excluding hydrogens is 318 g/mol. The minimum Gasteiger partial charge on any atom is -0.464 e. The zero-order valence-electron chi connectivity index (χ0n) is 15.3. The smallest absolute Gasteiger partial charge is 0.136 e. The Labute approximate surface area is 152 Å². The second kappa shape index (κ2) is 5.25. The Morgan fingerprint density at radius 1 is 0.731 bits per heavy atom. The molecule has 5 aromatic rings. The van der Waals surface area contributed by atoms with Crippen LogP contribution >= 0.6 is 0 Å². The molecule has 0 aliphatic rings. The van der Waals surface area contributed by atoms with E-state index in [-0.39, 0.29) is 5.41 Å². The highest BCUT2D eigenvalue weighted by Gasteiger charge is 2.21. The Hall–Kier alpha value is -3.00. The van der Waals surface area contributed by atoms with E-state index in [0.717, 1.165) is 5.58 Å². The summed E-state index contributed by atoms with van der Waals surface area (Å²) >= 11 is 0. The minimum atomic E-state index is 0.0523. The molecule has 0 amide bonds. The molecule has 0 spiro atoms. The molecule has 2 nitrogen and oxygen atoms in total. The van der Waals surface area contributed by atoms with Crippen LogP contribution < -0.4 is 0 Å². The highest BCUT2D eigenvalue weighted by molar-refractivity contribution is 6.13. The number of fused-ring (bicyclic) bond motifs is 4. The van der Waals surface area contributed by atoms with Gasteiger partial charge >= 0.3 is 0 Å². The zero-order chi connectivity index (χ0) is 17.9. The van der Waals surface area contributed by atoms with E-state index in [1.807, 2.05) is 6.26 Å². The van der Waals surface area contributed by atoms with Crippen LogP contribution in [0.3, 0.4) is 0 Å². The first kappa shape index (κ1) is 15.3. The molecule has 0 saturated carbocycles. The van der Waals surface area contributed by atoms with Gasteiger partial charge in [-0.2, -0.15) is 0 Å². The fourth-order valence-electron chi connectivity index (χ4n) is 3.93. The molecule has 2 heterocycles. The van der Waals surface area contributed by atoms with E-state index in [2.05, 4.69) is 92.1 Å². The topological polar surface area (TPSA) is 18.1 Å². The molecule has 0 unspecified atom stereocenters. The van der Waals surface area contributed by atoms with Gasteiger partial charge < -0.3 is 8.98 Å². The van der Waals surface area contributed by atoms with Gasteiger partial charge in [0, 0.05) is 33.5 Å². The number of furan rings is 1. The lowest BCUT2D eigenvalue weighted by Gasteiger charge is -2.16. The summed E-state index contributed by atoms with van der Waals surface area (Å²) in [5, 5.41) is 3.75. The zero-order valence-corrected chi connectivity index (χ0v) is 15.3. The van der Waals surface area contributed by atoms with E-state index in [1.165, 1.54) is 38.4 Å². The largest absolute Gasteiger partial charge is 0.464 e. The Bertz CT molecular complexity index is 1250. The van der Waals surface area contributed by atoms with Gasteiger partial charge in [0.1, 0.15) is 5.58 Å². The third-order valence-corrected chi connectivity index (χ3v) is 5.19. The van der Waals surface area contributed by atoms with Crippen molar-refractivity contribution < 1.29 is 4.42 Å². The molecule has 26 heavy (non-hydrogen) atoms. The molecule has 0 fully saturated rings. The molecule has 0 atom stereocenters. The monoisotopic (exact) mass is 339 g/mol. The molecule has 5 rings (SSSR count). The fourth-order valence-corrected chi connectivity index (χ4v) is 3.93. The maximum atomic E-state index is 5.96. The highest BCUT2D eigenvalue weighted by Crippen LogP contribution is 2.38. The average Bonchev–Trinajstić information content (AvgIpc) is 3.19. The second-order valence-electron chi connectivity index (χ2n) is 7.95. The van der Waals surface area contributed by atoms with E-state index < -0.39 is 0 Å². The van der Waals surface area contributed by atoms with Crippen LogP contribution in [0.1, 0.15) is 26.3 Å². The lowest BCUT2D eigenvalue weighted by atomic mass is 9.86. The summed E-state index contributed by atoms with van der Waals surface area (Å²) < 4.78 is 8.28. The van der Waals surface area contributed by atoms with E-state index in [1.54, 1.807) is 0 Å². The van der Waals surface area contributed by atoms with Gasteiger partial charge in [-0.05, 0) is 29.7 Å². The van der Waals surface area contributed by atoms with Crippen molar-refractivity contribution in [2.75, 3.05) is 0 Å². The van der Waals surface area contributed by atoms with Crippen molar-refractivity contribution in [3.8, 4) is 5.69 Å². The molecule has 0 aliphatic carbocycles. The van der Waals surface area contributed by atoms with Gasteiger partial charge in [0.2, 0.25) is 0 Å². The summed E-state index contributed by atoms with van der Waals surface area (Å²) in [6.07, 6.45) is 1.92. The van der Waals surface area contributed by atoms with Crippen molar-refractivity contribution in [3.05, 3.63) is 78.6 Å². The predicted octanol–water partition coefficient (Wildman–Crippen LogP) is 6.83. The standard InChI is InChI=1S/C24H21NO/c1-24(2,3)20-15-26-23-14-22-18(13-19(20)23)17-11-7-8-12-21(17)25(22)16-9-5-4-6-10-16/h4-15H,1-3H3. The van der Waals surface area contributed by atoms with Crippen LogP contribution in [0.25, 0.3) is 38.5 Å². The summed E-state index contributed by atoms with van der Waals surface area (Å²) in [5.74, 6) is 0. The van der Waals surface area contributed by atoms with Gasteiger partial charge in [-0.3, -0.25) is 0 Å². The number of hydrogen-bond acceptors (Lipinski definition) is 1. The minimum absolute atomic E-state index is 0.0523. The molecule has 0 radical (unpaired) electrons. The molecule has 2 aromatic heterocycles. The second-order valence-corrected chi connectivity index (χ2v) is 7.95. The quantitative estimate of drug-likeness (QED) is 0.327. The van der Waals surface area contributed by atoms with Gasteiger partial charge in [0.05, 0.1) is 17.3 Å². The van der Waals surface area contributed by atoms with Crippen molar-refractivity contribution in [1.29, 1.82) is 0 Å². The van der Waals surface area contributed by atoms with Crippen LogP contribution in [0.15, 0.2) is 77.4 Å². The van der Waals surface area contributed by atoms with Gasteiger partial charge in [0.25, 0.3) is 0 Å². The van der Waals surface area contributed by atoms with E-state index in [9.17, 15) is 0 Å². The first-order valence-electron chi connectivity index (χ1n) is 9.04. The van der Waals surface area contributed by atoms with Crippen molar-refractivity contribution in [3.63, 3.8) is 0 Å². The van der Waals surface area contributed by atoms with Crippen molar-refractivity contribution in [1.82, 2.24) is 4.57 Å². The van der Waals surface area contributed by atoms with Crippen molar-refractivity contribution >= 4 is 32.8 Å². The first-order chi connectivity index (χ1) is 12.5. The van der Waals surface area contributed by atoms with Crippen LogP contribution in [0.2, 0.25) is 0 Å². The molecule has 2 heteroatoms. The van der Waals surface area contributed by atoms with Gasteiger partial charge in [0.15, 0.2) is 0 Å². The van der Waals surface area contributed by atoms with Crippen molar-refractivity contribution in [2.45, 2.75) is 26.2 Å². The summed E-state index contributed by atoms with van der Waals surface area (Å²) in [4.78, 5) is 0. The molecule has 0 bridgehead atoms. The van der Waals surface area contributed by atoms with Crippen LogP contribution in [0.4, 0.5) is 0 Å². The lowest BCUT2D eigenvalue weighted by molar-refractivity contribution is 0.557. The SMILES string of the molecule is CC(C)(C)c1coc2cc3c(cc12)c1ccccc1n3-c1ccccc1. The van der Waals surface area contributed by atoms with Crippen LogP contribution in [0.5, 0.6) is 0 Å². The molecule has 0 N–H and O–H groups in total. The molecule has 0 aliphatic heterocycles. The Morgan fingerprint density at radius 2 is 1.46 bits per heavy atom. The highest BCUT2D eigenvalue weighted by atomic mass is 16.3. The summed E-state index contributed by atoms with van der Waals surface area (Å²) in [6, 6.07) is 23.6. The normalized spacial score (nSPS) is 12.4. The van der Waals surface area contributed by atoms with Crippen molar-refractivity contribution in [2.24, 2.45) is 0 Å². The van der Waals surface area contributed by atoms with Crippen LogP contribution in [-0.2, 0) is 5.41 Å². The molecule has 128 valence electrons. The third-order valence-electron chi connectivity index (χ3n) is 5.19.